The van der Waals surface area contributed by atoms with Crippen molar-refractivity contribution in [3.8, 4) is 17.1 Å². The number of aryl methyl sites for hydroxylation is 1. The van der Waals surface area contributed by atoms with Gasteiger partial charge >= 0.3 is 0 Å². The van der Waals surface area contributed by atoms with Crippen molar-refractivity contribution in [3.05, 3.63) is 36.7 Å². The predicted molar refractivity (Wildman–Crippen MR) is 79.3 cm³/mol. The molecule has 0 aliphatic rings. The summed E-state index contributed by atoms with van der Waals surface area (Å²) in [6.45, 7) is 3.00. The number of phenols is 1. The Labute approximate surface area is 116 Å². The van der Waals surface area contributed by atoms with E-state index in [1.54, 1.807) is 24.5 Å². The highest BCUT2D eigenvalue weighted by Crippen LogP contribution is 2.29. The van der Waals surface area contributed by atoms with E-state index in [0.29, 0.717) is 5.69 Å². The summed E-state index contributed by atoms with van der Waals surface area (Å²) >= 11 is 0. The van der Waals surface area contributed by atoms with E-state index in [9.17, 15) is 5.11 Å². The third-order valence-corrected chi connectivity index (χ3v) is 3.28. The molecule has 0 unspecified atom stereocenters. The number of imidazole rings is 1. The van der Waals surface area contributed by atoms with Crippen molar-refractivity contribution in [2.75, 3.05) is 5.73 Å². The Morgan fingerprint density at radius 1 is 1.30 bits per heavy atom. The number of nitrogens with zero attached hydrogens (tertiary/aromatic N) is 3. The van der Waals surface area contributed by atoms with E-state index >= 15 is 0 Å². The Balaban J connectivity index is 2.23. The molecule has 0 bridgehead atoms. The molecule has 0 aliphatic carbocycles. The largest absolute Gasteiger partial charge is 0.506 e. The van der Waals surface area contributed by atoms with Gasteiger partial charge in [0.05, 0.1) is 17.4 Å². The lowest BCUT2D eigenvalue weighted by molar-refractivity contribution is 0.478. The summed E-state index contributed by atoms with van der Waals surface area (Å²) in [7, 11) is 0. The van der Waals surface area contributed by atoms with E-state index in [1.165, 1.54) is 0 Å². The van der Waals surface area contributed by atoms with Crippen LogP contribution in [0.4, 0.5) is 5.69 Å². The number of fused-ring (bicyclic) bond motifs is 1. The van der Waals surface area contributed by atoms with E-state index in [4.69, 9.17) is 5.73 Å². The first-order valence-corrected chi connectivity index (χ1v) is 6.60. The SMILES string of the molecule is CCCn1c(-c2ccc(O)c(N)c2)nc2cnccc21. The smallest absolute Gasteiger partial charge is 0.141 e. The molecule has 0 saturated carbocycles. The van der Waals surface area contributed by atoms with Crippen LogP contribution in [0.15, 0.2) is 36.7 Å². The summed E-state index contributed by atoms with van der Waals surface area (Å²) in [6, 6.07) is 7.13. The molecule has 0 radical (unpaired) electrons. The second-order valence-corrected chi connectivity index (χ2v) is 4.73. The molecule has 0 atom stereocenters. The van der Waals surface area contributed by atoms with Crippen LogP contribution in [0.5, 0.6) is 5.75 Å². The van der Waals surface area contributed by atoms with Crippen LogP contribution in [-0.2, 0) is 6.54 Å². The molecule has 0 fully saturated rings. The quantitative estimate of drug-likeness (QED) is 0.565. The molecule has 2 heterocycles. The Morgan fingerprint density at radius 3 is 2.90 bits per heavy atom. The molecule has 5 heteroatoms. The number of hydrogen-bond donors (Lipinski definition) is 2. The number of rotatable bonds is 3. The van der Waals surface area contributed by atoms with E-state index < -0.39 is 0 Å². The topological polar surface area (TPSA) is 77.0 Å². The molecule has 20 heavy (non-hydrogen) atoms. The van der Waals surface area contributed by atoms with Crippen LogP contribution < -0.4 is 5.73 Å². The van der Waals surface area contributed by atoms with Crippen LogP contribution in [0.3, 0.4) is 0 Å². The number of benzene rings is 1. The fourth-order valence-corrected chi connectivity index (χ4v) is 2.35. The first-order chi connectivity index (χ1) is 9.70. The van der Waals surface area contributed by atoms with Crippen molar-refractivity contribution in [1.29, 1.82) is 0 Å². The number of pyridine rings is 1. The molecule has 0 saturated heterocycles. The van der Waals surface area contributed by atoms with Crippen molar-refractivity contribution >= 4 is 16.7 Å². The Hall–Kier alpha value is -2.56. The minimum Gasteiger partial charge on any atom is -0.506 e. The first-order valence-electron chi connectivity index (χ1n) is 6.60. The highest BCUT2D eigenvalue weighted by atomic mass is 16.3. The van der Waals surface area contributed by atoms with Gasteiger partial charge in [0, 0.05) is 18.3 Å². The summed E-state index contributed by atoms with van der Waals surface area (Å²) in [4.78, 5) is 8.75. The maximum Gasteiger partial charge on any atom is 0.141 e. The Bertz CT molecular complexity index is 764. The van der Waals surface area contributed by atoms with Gasteiger partial charge < -0.3 is 15.4 Å². The molecule has 102 valence electrons. The lowest BCUT2D eigenvalue weighted by atomic mass is 10.1. The van der Waals surface area contributed by atoms with E-state index in [1.807, 2.05) is 12.1 Å². The maximum atomic E-state index is 9.54. The van der Waals surface area contributed by atoms with Crippen LogP contribution in [-0.4, -0.2) is 19.6 Å². The van der Waals surface area contributed by atoms with Crippen LogP contribution >= 0.6 is 0 Å². The number of hydrogen-bond acceptors (Lipinski definition) is 4. The lowest BCUT2D eigenvalue weighted by Crippen LogP contribution is -2.00. The Kier molecular flexibility index (Phi) is 3.02. The zero-order valence-electron chi connectivity index (χ0n) is 11.2. The first kappa shape index (κ1) is 12.5. The number of nitrogens with two attached hydrogens (primary N) is 1. The van der Waals surface area contributed by atoms with E-state index in [2.05, 4.69) is 21.5 Å². The molecule has 2 aromatic heterocycles. The van der Waals surface area contributed by atoms with Gasteiger partial charge in [0.2, 0.25) is 0 Å². The van der Waals surface area contributed by atoms with Crippen LogP contribution in [0, 0.1) is 0 Å². The normalized spacial score (nSPS) is 11.1. The standard InChI is InChI=1S/C15H16N4O/c1-2-7-19-13-5-6-17-9-12(13)18-15(19)10-3-4-14(20)11(16)8-10/h3-6,8-9,20H,2,7,16H2,1H3. The summed E-state index contributed by atoms with van der Waals surface area (Å²) in [5, 5.41) is 9.54. The number of phenolic OH excluding ortho intramolecular Hbond substituents is 1. The molecular formula is C15H16N4O. The van der Waals surface area contributed by atoms with Gasteiger partial charge in [-0.1, -0.05) is 6.92 Å². The van der Waals surface area contributed by atoms with Crippen LogP contribution in [0.25, 0.3) is 22.4 Å². The van der Waals surface area contributed by atoms with Gasteiger partial charge in [0.25, 0.3) is 0 Å². The second kappa shape index (κ2) is 4.85. The van der Waals surface area contributed by atoms with Crippen molar-refractivity contribution in [2.24, 2.45) is 0 Å². The van der Waals surface area contributed by atoms with Crippen LogP contribution in [0.1, 0.15) is 13.3 Å². The third-order valence-electron chi connectivity index (χ3n) is 3.28. The zero-order chi connectivity index (χ0) is 14.1. The lowest BCUT2D eigenvalue weighted by Gasteiger charge is -2.08. The number of aromatic nitrogens is 3. The molecule has 1 aromatic carbocycles. The monoisotopic (exact) mass is 268 g/mol. The van der Waals surface area contributed by atoms with Gasteiger partial charge in [-0.3, -0.25) is 4.98 Å². The zero-order valence-corrected chi connectivity index (χ0v) is 11.2. The van der Waals surface area contributed by atoms with Gasteiger partial charge in [-0.2, -0.15) is 0 Å². The van der Waals surface area contributed by atoms with Gasteiger partial charge in [0.15, 0.2) is 0 Å². The highest BCUT2D eigenvalue weighted by Gasteiger charge is 2.13. The van der Waals surface area contributed by atoms with Crippen molar-refractivity contribution < 1.29 is 5.11 Å². The van der Waals surface area contributed by atoms with Gasteiger partial charge in [-0.25, -0.2) is 4.98 Å². The number of aromatic hydroxyl groups is 1. The van der Waals surface area contributed by atoms with E-state index in [0.717, 1.165) is 35.4 Å². The fraction of sp³-hybridized carbons (Fsp3) is 0.200. The summed E-state index contributed by atoms with van der Waals surface area (Å²) in [6.07, 6.45) is 4.54. The molecular weight excluding hydrogens is 252 g/mol. The predicted octanol–water partition coefficient (Wildman–Crippen LogP) is 2.80. The average Bonchev–Trinajstić information content (AvgIpc) is 2.82. The molecule has 3 aromatic rings. The maximum absolute atomic E-state index is 9.54. The summed E-state index contributed by atoms with van der Waals surface area (Å²) < 4.78 is 2.16. The van der Waals surface area contributed by atoms with Crippen molar-refractivity contribution in [1.82, 2.24) is 14.5 Å². The molecule has 5 nitrogen and oxygen atoms in total. The highest BCUT2D eigenvalue weighted by molar-refractivity contribution is 5.80. The molecule has 0 spiro atoms. The number of nitrogen functional groups attached to an aromatic ring is 1. The molecule has 3 rings (SSSR count). The van der Waals surface area contributed by atoms with Gasteiger partial charge in [-0.05, 0) is 30.7 Å². The van der Waals surface area contributed by atoms with Gasteiger partial charge in [-0.15, -0.1) is 0 Å². The Morgan fingerprint density at radius 2 is 2.15 bits per heavy atom. The fourth-order valence-electron chi connectivity index (χ4n) is 2.35. The van der Waals surface area contributed by atoms with Crippen molar-refractivity contribution in [3.63, 3.8) is 0 Å². The van der Waals surface area contributed by atoms with Gasteiger partial charge in [0.1, 0.15) is 17.1 Å². The average molecular weight is 268 g/mol. The second-order valence-electron chi connectivity index (χ2n) is 4.73. The molecule has 3 N–H and O–H groups in total. The minimum absolute atomic E-state index is 0.0913. The summed E-state index contributed by atoms with van der Waals surface area (Å²) in [5.74, 6) is 0.940. The van der Waals surface area contributed by atoms with E-state index in [-0.39, 0.29) is 5.75 Å². The van der Waals surface area contributed by atoms with Crippen LogP contribution in [0.2, 0.25) is 0 Å². The number of anilines is 1. The third kappa shape index (κ3) is 1.97. The minimum atomic E-state index is 0.0913. The molecule has 0 amide bonds. The molecule has 0 aliphatic heterocycles. The van der Waals surface area contributed by atoms with Crippen molar-refractivity contribution in [2.45, 2.75) is 19.9 Å². The summed E-state index contributed by atoms with van der Waals surface area (Å²) in [5.41, 5.74) is 8.95.